The molecular weight excluding hydrogens is 280 g/mol. The molecule has 0 unspecified atom stereocenters. The Balaban J connectivity index is 2.22. The standard InChI is InChI=1S/C17H20N2OS/c1-11-7-6-8-12(2)15(11)20-10-14-19-16(17(3,4)5)13(9-18)21-14/h6-8H,10H2,1-5H3. The molecule has 0 aliphatic carbocycles. The van der Waals surface area contributed by atoms with E-state index in [2.05, 4.69) is 31.8 Å². The average Bonchev–Trinajstić information content (AvgIpc) is 2.81. The van der Waals surface area contributed by atoms with E-state index >= 15 is 0 Å². The Bertz CT molecular complexity index is 670. The Kier molecular flexibility index (Phi) is 4.34. The molecule has 110 valence electrons. The maximum absolute atomic E-state index is 9.25. The number of nitriles is 1. The van der Waals surface area contributed by atoms with Crippen molar-refractivity contribution in [3.63, 3.8) is 0 Å². The third kappa shape index (κ3) is 3.43. The van der Waals surface area contributed by atoms with Crippen LogP contribution in [-0.2, 0) is 12.0 Å². The summed E-state index contributed by atoms with van der Waals surface area (Å²) in [7, 11) is 0. The maximum Gasteiger partial charge on any atom is 0.140 e. The van der Waals surface area contributed by atoms with Gasteiger partial charge in [0.05, 0.1) is 5.69 Å². The molecule has 21 heavy (non-hydrogen) atoms. The van der Waals surface area contributed by atoms with Crippen LogP contribution in [-0.4, -0.2) is 4.98 Å². The number of aryl methyl sites for hydroxylation is 2. The molecule has 3 nitrogen and oxygen atoms in total. The summed E-state index contributed by atoms with van der Waals surface area (Å²) >= 11 is 1.42. The van der Waals surface area contributed by atoms with Crippen LogP contribution in [0, 0.1) is 25.2 Å². The molecule has 0 spiro atoms. The molecule has 0 N–H and O–H groups in total. The Labute approximate surface area is 130 Å². The lowest BCUT2D eigenvalue weighted by Crippen LogP contribution is -2.13. The molecule has 0 aliphatic rings. The number of thiazole rings is 1. The van der Waals surface area contributed by atoms with Gasteiger partial charge in [-0.1, -0.05) is 39.0 Å². The van der Waals surface area contributed by atoms with Gasteiger partial charge in [0.25, 0.3) is 0 Å². The minimum Gasteiger partial charge on any atom is -0.486 e. The van der Waals surface area contributed by atoms with Crippen LogP contribution in [0.5, 0.6) is 5.75 Å². The number of rotatable bonds is 3. The highest BCUT2D eigenvalue weighted by Gasteiger charge is 2.23. The second kappa shape index (κ2) is 5.87. The Morgan fingerprint density at radius 2 is 1.86 bits per heavy atom. The fourth-order valence-electron chi connectivity index (χ4n) is 2.17. The van der Waals surface area contributed by atoms with Crippen LogP contribution in [0.15, 0.2) is 18.2 Å². The van der Waals surface area contributed by atoms with E-state index in [4.69, 9.17) is 4.74 Å². The molecule has 2 rings (SSSR count). The van der Waals surface area contributed by atoms with Crippen molar-refractivity contribution in [1.29, 1.82) is 5.26 Å². The minimum absolute atomic E-state index is 0.127. The lowest BCUT2D eigenvalue weighted by atomic mass is 9.91. The molecule has 4 heteroatoms. The van der Waals surface area contributed by atoms with Crippen LogP contribution < -0.4 is 4.74 Å². The van der Waals surface area contributed by atoms with E-state index < -0.39 is 0 Å². The van der Waals surface area contributed by atoms with Crippen molar-refractivity contribution in [2.24, 2.45) is 0 Å². The summed E-state index contributed by atoms with van der Waals surface area (Å²) in [5, 5.41) is 10.1. The lowest BCUT2D eigenvalue weighted by Gasteiger charge is -2.15. The molecule has 0 bridgehead atoms. The number of hydrogen-bond donors (Lipinski definition) is 0. The molecular formula is C17H20N2OS. The van der Waals surface area contributed by atoms with Crippen molar-refractivity contribution in [2.45, 2.75) is 46.6 Å². The van der Waals surface area contributed by atoms with Gasteiger partial charge in [-0.25, -0.2) is 4.98 Å². The summed E-state index contributed by atoms with van der Waals surface area (Å²) in [5.41, 5.74) is 2.96. The molecule has 0 radical (unpaired) electrons. The summed E-state index contributed by atoms with van der Waals surface area (Å²) in [6.45, 7) is 10.7. The molecule has 0 fully saturated rings. The summed E-state index contributed by atoms with van der Waals surface area (Å²) in [6.07, 6.45) is 0. The smallest absolute Gasteiger partial charge is 0.140 e. The van der Waals surface area contributed by atoms with Crippen molar-refractivity contribution in [3.05, 3.63) is 44.9 Å². The fourth-order valence-corrected chi connectivity index (χ4v) is 3.16. The molecule has 0 saturated heterocycles. The largest absolute Gasteiger partial charge is 0.486 e. The molecule has 1 aromatic carbocycles. The van der Waals surface area contributed by atoms with Gasteiger partial charge in [0, 0.05) is 5.41 Å². The fraction of sp³-hybridized carbons (Fsp3) is 0.412. The highest BCUT2D eigenvalue weighted by atomic mass is 32.1. The maximum atomic E-state index is 9.25. The zero-order valence-corrected chi connectivity index (χ0v) is 14.0. The number of hydrogen-bond acceptors (Lipinski definition) is 4. The Morgan fingerprint density at radius 3 is 2.33 bits per heavy atom. The summed E-state index contributed by atoms with van der Waals surface area (Å²) in [4.78, 5) is 5.28. The lowest BCUT2D eigenvalue weighted by molar-refractivity contribution is 0.300. The van der Waals surface area contributed by atoms with Gasteiger partial charge in [-0.3, -0.25) is 0 Å². The van der Waals surface area contributed by atoms with Gasteiger partial charge in [-0.2, -0.15) is 5.26 Å². The predicted molar refractivity (Wildman–Crippen MR) is 85.8 cm³/mol. The van der Waals surface area contributed by atoms with E-state index in [1.807, 2.05) is 32.0 Å². The van der Waals surface area contributed by atoms with Crippen molar-refractivity contribution in [3.8, 4) is 11.8 Å². The summed E-state index contributed by atoms with van der Waals surface area (Å²) < 4.78 is 5.92. The van der Waals surface area contributed by atoms with E-state index in [9.17, 15) is 5.26 Å². The average molecular weight is 300 g/mol. The molecule has 1 aromatic heterocycles. The van der Waals surface area contributed by atoms with E-state index in [0.29, 0.717) is 11.5 Å². The second-order valence-corrected chi connectivity index (χ2v) is 7.24. The summed E-state index contributed by atoms with van der Waals surface area (Å²) in [5.74, 6) is 0.906. The van der Waals surface area contributed by atoms with Gasteiger partial charge in [-0.15, -0.1) is 11.3 Å². The van der Waals surface area contributed by atoms with Gasteiger partial charge in [0.15, 0.2) is 0 Å². The SMILES string of the molecule is Cc1cccc(C)c1OCc1nc(C(C)(C)C)c(C#N)s1. The number of nitrogens with zero attached hydrogens (tertiary/aromatic N) is 2. The van der Waals surface area contributed by atoms with E-state index in [-0.39, 0.29) is 5.41 Å². The van der Waals surface area contributed by atoms with E-state index in [1.165, 1.54) is 11.3 Å². The first kappa shape index (κ1) is 15.5. The molecule has 0 atom stereocenters. The number of aromatic nitrogens is 1. The zero-order chi connectivity index (χ0) is 15.6. The number of para-hydroxylation sites is 1. The third-order valence-corrected chi connectivity index (χ3v) is 4.17. The van der Waals surface area contributed by atoms with Crippen molar-refractivity contribution < 1.29 is 4.74 Å². The van der Waals surface area contributed by atoms with Crippen LogP contribution in [0.4, 0.5) is 0 Å². The van der Waals surface area contributed by atoms with E-state index in [1.54, 1.807) is 0 Å². The molecule has 0 saturated carbocycles. The first-order valence-electron chi connectivity index (χ1n) is 6.92. The summed E-state index contributed by atoms with van der Waals surface area (Å²) in [6, 6.07) is 8.33. The zero-order valence-electron chi connectivity index (χ0n) is 13.2. The minimum atomic E-state index is -0.127. The van der Waals surface area contributed by atoms with Gasteiger partial charge in [-0.05, 0) is 25.0 Å². The van der Waals surface area contributed by atoms with Crippen LogP contribution in [0.3, 0.4) is 0 Å². The number of benzene rings is 1. The quantitative estimate of drug-likeness (QED) is 0.838. The first-order valence-corrected chi connectivity index (χ1v) is 7.74. The van der Waals surface area contributed by atoms with Crippen LogP contribution in [0.2, 0.25) is 0 Å². The van der Waals surface area contributed by atoms with Gasteiger partial charge in [0.1, 0.15) is 28.3 Å². The van der Waals surface area contributed by atoms with Crippen molar-refractivity contribution >= 4 is 11.3 Å². The van der Waals surface area contributed by atoms with Crippen molar-refractivity contribution in [1.82, 2.24) is 4.98 Å². The van der Waals surface area contributed by atoms with Crippen LogP contribution in [0.25, 0.3) is 0 Å². The molecule has 2 aromatic rings. The van der Waals surface area contributed by atoms with Crippen molar-refractivity contribution in [2.75, 3.05) is 0 Å². The predicted octanol–water partition coefficient (Wildman–Crippen LogP) is 4.51. The van der Waals surface area contributed by atoms with Crippen LogP contribution in [0.1, 0.15) is 47.5 Å². The number of ether oxygens (including phenoxy) is 1. The molecule has 0 amide bonds. The highest BCUT2D eigenvalue weighted by molar-refractivity contribution is 7.12. The Hall–Kier alpha value is -1.86. The normalized spacial score (nSPS) is 11.2. The third-order valence-electron chi connectivity index (χ3n) is 3.23. The van der Waals surface area contributed by atoms with Gasteiger partial charge >= 0.3 is 0 Å². The Morgan fingerprint density at radius 1 is 1.24 bits per heavy atom. The van der Waals surface area contributed by atoms with E-state index in [0.717, 1.165) is 27.6 Å². The topological polar surface area (TPSA) is 45.9 Å². The molecule has 0 aliphatic heterocycles. The monoisotopic (exact) mass is 300 g/mol. The van der Waals surface area contributed by atoms with Gasteiger partial charge < -0.3 is 4.74 Å². The van der Waals surface area contributed by atoms with Gasteiger partial charge in [0.2, 0.25) is 0 Å². The first-order chi connectivity index (χ1) is 9.82. The second-order valence-electron chi connectivity index (χ2n) is 6.16. The van der Waals surface area contributed by atoms with Crippen LogP contribution >= 0.6 is 11.3 Å². The highest BCUT2D eigenvalue weighted by Crippen LogP contribution is 2.30. The molecule has 1 heterocycles.